The van der Waals surface area contributed by atoms with Gasteiger partial charge in [-0.1, -0.05) is 29.8 Å². The van der Waals surface area contributed by atoms with Crippen LogP contribution in [0, 0.1) is 0 Å². The number of halogens is 1. The molecule has 6 nitrogen and oxygen atoms in total. The molecule has 0 fully saturated rings. The Morgan fingerprint density at radius 1 is 1.14 bits per heavy atom. The summed E-state index contributed by atoms with van der Waals surface area (Å²) >= 11 is 6.23. The van der Waals surface area contributed by atoms with E-state index in [0.29, 0.717) is 33.5 Å². The molecule has 7 heteroatoms. The second kappa shape index (κ2) is 5.41. The number of nitrogens with zero attached hydrogens (tertiary/aromatic N) is 4. The van der Waals surface area contributed by atoms with Gasteiger partial charge in [0, 0.05) is 5.69 Å². The minimum Gasteiger partial charge on any atom is -0.494 e. The number of aromatic nitrogens is 4. The number of hydrogen-bond donors (Lipinski definition) is 1. The lowest BCUT2D eigenvalue weighted by Gasteiger charge is -2.11. The molecule has 0 bridgehead atoms. The summed E-state index contributed by atoms with van der Waals surface area (Å²) < 4.78 is 6.89. The van der Waals surface area contributed by atoms with Crippen molar-refractivity contribution in [1.29, 1.82) is 0 Å². The van der Waals surface area contributed by atoms with Crippen molar-refractivity contribution in [3.8, 4) is 22.8 Å². The van der Waals surface area contributed by atoms with Crippen LogP contribution in [0.4, 0.5) is 5.69 Å². The van der Waals surface area contributed by atoms with Crippen molar-refractivity contribution in [2.75, 3.05) is 12.8 Å². The monoisotopic (exact) mass is 301 g/mol. The summed E-state index contributed by atoms with van der Waals surface area (Å²) in [7, 11) is 1.59. The zero-order valence-corrected chi connectivity index (χ0v) is 11.9. The number of methoxy groups -OCH3 is 1. The zero-order chi connectivity index (χ0) is 14.8. The minimum atomic E-state index is 0.461. The molecule has 0 amide bonds. The molecule has 0 atom stereocenters. The van der Waals surface area contributed by atoms with Crippen LogP contribution >= 0.6 is 11.6 Å². The number of anilines is 1. The van der Waals surface area contributed by atoms with Crippen LogP contribution in [0.15, 0.2) is 42.5 Å². The van der Waals surface area contributed by atoms with Gasteiger partial charge in [0.25, 0.3) is 0 Å². The average Bonchev–Trinajstić information content (AvgIpc) is 2.96. The van der Waals surface area contributed by atoms with E-state index in [-0.39, 0.29) is 0 Å². The summed E-state index contributed by atoms with van der Waals surface area (Å²) in [5.41, 5.74) is 7.81. The van der Waals surface area contributed by atoms with Gasteiger partial charge in [-0.2, -0.15) is 4.68 Å². The van der Waals surface area contributed by atoms with Crippen molar-refractivity contribution < 1.29 is 4.74 Å². The third-order valence-corrected chi connectivity index (χ3v) is 3.37. The molecule has 0 spiro atoms. The molecule has 3 rings (SSSR count). The topological polar surface area (TPSA) is 78.8 Å². The standard InChI is InChI=1S/C14H12ClN5O/c1-21-12-8-3-2-7-11(12)20-14(17-18-19-20)13-9(15)5-4-6-10(13)16/h2-8H,16H2,1H3. The van der Waals surface area contributed by atoms with E-state index >= 15 is 0 Å². The summed E-state index contributed by atoms with van der Waals surface area (Å²) in [5.74, 6) is 1.11. The number of tetrazole rings is 1. The van der Waals surface area contributed by atoms with Gasteiger partial charge in [-0.15, -0.1) is 5.10 Å². The minimum absolute atomic E-state index is 0.461. The van der Waals surface area contributed by atoms with Gasteiger partial charge in [0.2, 0.25) is 0 Å². The van der Waals surface area contributed by atoms with E-state index in [4.69, 9.17) is 22.1 Å². The number of benzene rings is 2. The van der Waals surface area contributed by atoms with Crippen molar-refractivity contribution >= 4 is 17.3 Å². The van der Waals surface area contributed by atoms with Crippen LogP contribution in [0.3, 0.4) is 0 Å². The summed E-state index contributed by atoms with van der Waals surface area (Å²) in [6.45, 7) is 0. The fourth-order valence-electron chi connectivity index (χ4n) is 2.09. The van der Waals surface area contributed by atoms with Gasteiger partial charge in [-0.05, 0) is 34.7 Å². The smallest absolute Gasteiger partial charge is 0.190 e. The van der Waals surface area contributed by atoms with Crippen molar-refractivity contribution in [3.05, 3.63) is 47.5 Å². The zero-order valence-electron chi connectivity index (χ0n) is 11.2. The third kappa shape index (κ3) is 2.30. The maximum absolute atomic E-state index is 6.23. The molecule has 2 aromatic carbocycles. The first kappa shape index (κ1) is 13.4. The number of para-hydroxylation sites is 2. The van der Waals surface area contributed by atoms with E-state index in [1.54, 1.807) is 30.0 Å². The molecule has 2 N–H and O–H groups in total. The molecular formula is C14H12ClN5O. The first-order valence-electron chi connectivity index (χ1n) is 6.18. The highest BCUT2D eigenvalue weighted by Crippen LogP contribution is 2.33. The van der Waals surface area contributed by atoms with E-state index in [1.165, 1.54) is 0 Å². The molecule has 106 valence electrons. The third-order valence-electron chi connectivity index (χ3n) is 3.05. The highest BCUT2D eigenvalue weighted by Gasteiger charge is 2.18. The lowest BCUT2D eigenvalue weighted by molar-refractivity contribution is 0.411. The van der Waals surface area contributed by atoms with Gasteiger partial charge in [0.15, 0.2) is 5.82 Å². The lowest BCUT2D eigenvalue weighted by Crippen LogP contribution is -2.04. The molecule has 0 aliphatic carbocycles. The van der Waals surface area contributed by atoms with Crippen LogP contribution in [-0.4, -0.2) is 27.3 Å². The lowest BCUT2D eigenvalue weighted by atomic mass is 10.1. The molecule has 21 heavy (non-hydrogen) atoms. The Bertz CT molecular complexity index is 766. The second-order valence-electron chi connectivity index (χ2n) is 4.29. The van der Waals surface area contributed by atoms with Gasteiger partial charge in [-0.25, -0.2) is 0 Å². The Hall–Kier alpha value is -2.60. The molecule has 3 aromatic rings. The first-order chi connectivity index (χ1) is 10.2. The summed E-state index contributed by atoms with van der Waals surface area (Å²) in [6, 6.07) is 12.7. The Kier molecular flexibility index (Phi) is 3.45. The fraction of sp³-hybridized carbons (Fsp3) is 0.0714. The van der Waals surface area contributed by atoms with Crippen molar-refractivity contribution in [3.63, 3.8) is 0 Å². The van der Waals surface area contributed by atoms with Crippen molar-refractivity contribution in [1.82, 2.24) is 20.2 Å². The van der Waals surface area contributed by atoms with E-state index in [1.807, 2.05) is 24.3 Å². The number of rotatable bonds is 3. The normalized spacial score (nSPS) is 10.6. The number of ether oxygens (including phenoxy) is 1. The predicted molar refractivity (Wildman–Crippen MR) is 80.6 cm³/mol. The van der Waals surface area contributed by atoms with Crippen LogP contribution in [0.25, 0.3) is 17.1 Å². The Morgan fingerprint density at radius 2 is 1.95 bits per heavy atom. The first-order valence-corrected chi connectivity index (χ1v) is 6.56. The number of nitrogen functional groups attached to an aromatic ring is 1. The summed E-state index contributed by atoms with van der Waals surface area (Å²) in [5, 5.41) is 12.3. The van der Waals surface area contributed by atoms with Crippen LogP contribution < -0.4 is 10.5 Å². The van der Waals surface area contributed by atoms with E-state index in [9.17, 15) is 0 Å². The van der Waals surface area contributed by atoms with Gasteiger partial charge in [0.1, 0.15) is 11.4 Å². The Balaban J connectivity index is 2.23. The molecule has 0 saturated heterocycles. The number of hydrogen-bond acceptors (Lipinski definition) is 5. The van der Waals surface area contributed by atoms with Gasteiger partial charge in [-0.3, -0.25) is 0 Å². The molecule has 1 heterocycles. The molecule has 0 aliphatic rings. The Morgan fingerprint density at radius 3 is 2.71 bits per heavy atom. The van der Waals surface area contributed by atoms with Crippen molar-refractivity contribution in [2.45, 2.75) is 0 Å². The van der Waals surface area contributed by atoms with E-state index in [0.717, 1.165) is 0 Å². The maximum atomic E-state index is 6.23. The van der Waals surface area contributed by atoms with Crippen LogP contribution in [0.1, 0.15) is 0 Å². The summed E-state index contributed by atoms with van der Waals surface area (Å²) in [6.07, 6.45) is 0. The quantitative estimate of drug-likeness (QED) is 0.752. The van der Waals surface area contributed by atoms with Gasteiger partial charge < -0.3 is 10.5 Å². The van der Waals surface area contributed by atoms with Gasteiger partial charge >= 0.3 is 0 Å². The maximum Gasteiger partial charge on any atom is 0.190 e. The predicted octanol–water partition coefficient (Wildman–Crippen LogP) is 2.57. The molecule has 0 aliphatic heterocycles. The highest BCUT2D eigenvalue weighted by molar-refractivity contribution is 6.33. The molecule has 0 saturated carbocycles. The largest absolute Gasteiger partial charge is 0.494 e. The molecular weight excluding hydrogens is 290 g/mol. The molecule has 1 aromatic heterocycles. The average molecular weight is 302 g/mol. The summed E-state index contributed by atoms with van der Waals surface area (Å²) in [4.78, 5) is 0. The highest BCUT2D eigenvalue weighted by atomic mass is 35.5. The van der Waals surface area contributed by atoms with Gasteiger partial charge in [0.05, 0.1) is 17.7 Å². The fourth-order valence-corrected chi connectivity index (χ4v) is 2.35. The van der Waals surface area contributed by atoms with Crippen LogP contribution in [0.2, 0.25) is 5.02 Å². The van der Waals surface area contributed by atoms with Crippen molar-refractivity contribution in [2.24, 2.45) is 0 Å². The molecule has 0 unspecified atom stereocenters. The molecule has 0 radical (unpaired) electrons. The van der Waals surface area contributed by atoms with Crippen LogP contribution in [0.5, 0.6) is 5.75 Å². The Labute approximate surface area is 126 Å². The van der Waals surface area contributed by atoms with E-state index in [2.05, 4.69) is 15.5 Å². The SMILES string of the molecule is COc1ccccc1-n1nnnc1-c1c(N)cccc1Cl. The van der Waals surface area contributed by atoms with Crippen LogP contribution in [-0.2, 0) is 0 Å². The van der Waals surface area contributed by atoms with E-state index < -0.39 is 0 Å². The second-order valence-corrected chi connectivity index (χ2v) is 4.70. The number of nitrogens with two attached hydrogens (primary N) is 1.